The molecule has 0 saturated carbocycles. The lowest BCUT2D eigenvalue weighted by molar-refractivity contribution is 0.0931. The summed E-state index contributed by atoms with van der Waals surface area (Å²) in [6, 6.07) is 6.83. The third-order valence-electron chi connectivity index (χ3n) is 3.85. The van der Waals surface area contributed by atoms with Crippen molar-refractivity contribution in [3.8, 4) is 0 Å². The van der Waals surface area contributed by atoms with E-state index < -0.39 is 0 Å². The normalized spacial score (nSPS) is 15.5. The van der Waals surface area contributed by atoms with Crippen molar-refractivity contribution in [2.75, 3.05) is 18.0 Å². The highest BCUT2D eigenvalue weighted by atomic mass is 35.5. The molecule has 1 aromatic carbocycles. The summed E-state index contributed by atoms with van der Waals surface area (Å²) in [7, 11) is 0. The Hall–Kier alpha value is -1.85. The molecule has 0 unspecified atom stereocenters. The van der Waals surface area contributed by atoms with Crippen LogP contribution in [0.2, 0.25) is 10.0 Å². The molecule has 1 saturated heterocycles. The second-order valence-electron chi connectivity index (χ2n) is 5.41. The van der Waals surface area contributed by atoms with E-state index in [1.807, 2.05) is 0 Å². The predicted octanol–water partition coefficient (Wildman–Crippen LogP) is 3.18. The molecular weight excluding hydrogens is 335 g/mol. The van der Waals surface area contributed by atoms with Gasteiger partial charge in [0.25, 0.3) is 5.91 Å². The fraction of sp³-hybridized carbons (Fsp3) is 0.312. The lowest BCUT2D eigenvalue weighted by atomic mass is 10.0. The molecule has 0 bridgehead atoms. The fourth-order valence-electron chi connectivity index (χ4n) is 2.58. The topological polar surface area (TPSA) is 58.1 Å². The van der Waals surface area contributed by atoms with Gasteiger partial charge in [0.2, 0.25) is 5.95 Å². The first-order chi connectivity index (χ1) is 11.1. The molecular formula is C16H16Cl2N4O. The van der Waals surface area contributed by atoms with Gasteiger partial charge in [0.15, 0.2) is 0 Å². The third kappa shape index (κ3) is 3.92. The highest BCUT2D eigenvalue weighted by Crippen LogP contribution is 2.23. The average Bonchev–Trinajstić information content (AvgIpc) is 2.59. The fourth-order valence-corrected chi connectivity index (χ4v) is 2.88. The molecule has 7 heteroatoms. The number of piperidine rings is 1. The summed E-state index contributed by atoms with van der Waals surface area (Å²) in [4.78, 5) is 22.9. The van der Waals surface area contributed by atoms with Gasteiger partial charge in [-0.05, 0) is 37.1 Å². The van der Waals surface area contributed by atoms with Crippen molar-refractivity contribution in [1.82, 2.24) is 15.3 Å². The molecule has 23 heavy (non-hydrogen) atoms. The second kappa shape index (κ2) is 7.15. The molecule has 1 N–H and O–H groups in total. The molecule has 0 aliphatic carbocycles. The number of nitrogens with one attached hydrogen (secondary N) is 1. The van der Waals surface area contributed by atoms with Crippen LogP contribution in [0.3, 0.4) is 0 Å². The third-order valence-corrected chi connectivity index (χ3v) is 4.59. The van der Waals surface area contributed by atoms with Crippen LogP contribution in [-0.4, -0.2) is 35.0 Å². The minimum atomic E-state index is -0.127. The Bertz CT molecular complexity index is 688. The van der Waals surface area contributed by atoms with Crippen LogP contribution >= 0.6 is 23.2 Å². The molecule has 1 amide bonds. The Morgan fingerprint density at radius 1 is 1.13 bits per heavy atom. The van der Waals surface area contributed by atoms with Crippen molar-refractivity contribution < 1.29 is 4.79 Å². The quantitative estimate of drug-likeness (QED) is 0.923. The number of rotatable bonds is 3. The van der Waals surface area contributed by atoms with Gasteiger partial charge in [-0.2, -0.15) is 0 Å². The largest absolute Gasteiger partial charge is 0.349 e. The van der Waals surface area contributed by atoms with E-state index in [1.165, 1.54) is 0 Å². The SMILES string of the molecule is O=C(NC1CCN(c2ncccn2)CC1)c1ccc(Cl)c(Cl)c1. The number of nitrogens with zero attached hydrogens (tertiary/aromatic N) is 3. The van der Waals surface area contributed by atoms with Crippen molar-refractivity contribution in [2.45, 2.75) is 18.9 Å². The number of anilines is 1. The van der Waals surface area contributed by atoms with Crippen LogP contribution in [0, 0.1) is 0 Å². The standard InChI is InChI=1S/C16H16Cl2N4O/c17-13-3-2-11(10-14(13)18)15(23)21-12-4-8-22(9-5-12)16-19-6-1-7-20-16/h1-3,6-7,10,12H,4-5,8-9H2,(H,21,23). The van der Waals surface area contributed by atoms with Crippen molar-refractivity contribution in [2.24, 2.45) is 0 Å². The molecule has 0 spiro atoms. The summed E-state index contributed by atoms with van der Waals surface area (Å²) in [5.74, 6) is 0.611. The van der Waals surface area contributed by atoms with Gasteiger partial charge in [-0.15, -0.1) is 0 Å². The molecule has 3 rings (SSSR count). The first kappa shape index (κ1) is 16.0. The highest BCUT2D eigenvalue weighted by molar-refractivity contribution is 6.42. The minimum absolute atomic E-state index is 0.127. The smallest absolute Gasteiger partial charge is 0.251 e. The van der Waals surface area contributed by atoms with Crippen LogP contribution in [0.4, 0.5) is 5.95 Å². The van der Waals surface area contributed by atoms with E-state index in [4.69, 9.17) is 23.2 Å². The van der Waals surface area contributed by atoms with Crippen molar-refractivity contribution in [3.05, 3.63) is 52.3 Å². The highest BCUT2D eigenvalue weighted by Gasteiger charge is 2.22. The molecule has 1 aliphatic rings. The number of halogens is 2. The molecule has 2 aromatic rings. The molecule has 1 aromatic heterocycles. The van der Waals surface area contributed by atoms with Gasteiger partial charge >= 0.3 is 0 Å². The summed E-state index contributed by atoms with van der Waals surface area (Å²) < 4.78 is 0. The van der Waals surface area contributed by atoms with Gasteiger partial charge in [0, 0.05) is 37.1 Å². The summed E-state index contributed by atoms with van der Waals surface area (Å²) in [6.45, 7) is 1.63. The monoisotopic (exact) mass is 350 g/mol. The Balaban J connectivity index is 1.56. The number of carbonyl (C=O) groups excluding carboxylic acids is 1. The van der Waals surface area contributed by atoms with Crippen LogP contribution < -0.4 is 10.2 Å². The Kier molecular flexibility index (Phi) is 4.98. The Labute approximate surface area is 144 Å². The average molecular weight is 351 g/mol. The van der Waals surface area contributed by atoms with E-state index in [9.17, 15) is 4.79 Å². The molecule has 0 radical (unpaired) electrons. The molecule has 1 fully saturated rings. The maximum absolute atomic E-state index is 12.3. The molecule has 0 atom stereocenters. The number of amides is 1. The Morgan fingerprint density at radius 2 is 1.83 bits per heavy atom. The lowest BCUT2D eigenvalue weighted by Gasteiger charge is -2.32. The predicted molar refractivity (Wildman–Crippen MR) is 91.2 cm³/mol. The van der Waals surface area contributed by atoms with Crippen LogP contribution in [0.25, 0.3) is 0 Å². The van der Waals surface area contributed by atoms with E-state index in [1.54, 1.807) is 36.7 Å². The van der Waals surface area contributed by atoms with Crippen LogP contribution in [0.15, 0.2) is 36.7 Å². The maximum Gasteiger partial charge on any atom is 0.251 e. The molecule has 2 heterocycles. The summed E-state index contributed by atoms with van der Waals surface area (Å²) >= 11 is 11.8. The molecule has 5 nitrogen and oxygen atoms in total. The number of hydrogen-bond donors (Lipinski definition) is 1. The zero-order valence-electron chi connectivity index (χ0n) is 12.4. The van der Waals surface area contributed by atoms with Crippen molar-refractivity contribution >= 4 is 35.1 Å². The van der Waals surface area contributed by atoms with Gasteiger partial charge < -0.3 is 10.2 Å². The van der Waals surface area contributed by atoms with Crippen molar-refractivity contribution in [3.63, 3.8) is 0 Å². The van der Waals surface area contributed by atoms with E-state index in [0.717, 1.165) is 31.9 Å². The lowest BCUT2D eigenvalue weighted by Crippen LogP contribution is -2.45. The number of carbonyl (C=O) groups is 1. The van der Waals surface area contributed by atoms with Crippen LogP contribution in [-0.2, 0) is 0 Å². The molecule has 120 valence electrons. The Morgan fingerprint density at radius 3 is 2.48 bits per heavy atom. The van der Waals surface area contributed by atoms with E-state index in [-0.39, 0.29) is 11.9 Å². The summed E-state index contributed by atoms with van der Waals surface area (Å²) in [6.07, 6.45) is 5.18. The van der Waals surface area contributed by atoms with Gasteiger partial charge in [0.1, 0.15) is 0 Å². The van der Waals surface area contributed by atoms with Crippen LogP contribution in [0.1, 0.15) is 23.2 Å². The zero-order valence-corrected chi connectivity index (χ0v) is 13.9. The van der Waals surface area contributed by atoms with E-state index in [0.29, 0.717) is 15.6 Å². The minimum Gasteiger partial charge on any atom is -0.349 e. The first-order valence-electron chi connectivity index (χ1n) is 7.41. The van der Waals surface area contributed by atoms with Gasteiger partial charge in [0.05, 0.1) is 10.0 Å². The zero-order chi connectivity index (χ0) is 16.2. The molecule has 1 aliphatic heterocycles. The van der Waals surface area contributed by atoms with Crippen molar-refractivity contribution in [1.29, 1.82) is 0 Å². The van der Waals surface area contributed by atoms with E-state index >= 15 is 0 Å². The van der Waals surface area contributed by atoms with Gasteiger partial charge in [-0.3, -0.25) is 4.79 Å². The summed E-state index contributed by atoms with van der Waals surface area (Å²) in [5.41, 5.74) is 0.522. The number of hydrogen-bond acceptors (Lipinski definition) is 4. The second-order valence-corrected chi connectivity index (χ2v) is 6.23. The number of benzene rings is 1. The number of aromatic nitrogens is 2. The van der Waals surface area contributed by atoms with Gasteiger partial charge in [-0.1, -0.05) is 23.2 Å². The summed E-state index contributed by atoms with van der Waals surface area (Å²) in [5, 5.41) is 3.87. The van der Waals surface area contributed by atoms with Crippen LogP contribution in [0.5, 0.6) is 0 Å². The first-order valence-corrected chi connectivity index (χ1v) is 8.17. The maximum atomic E-state index is 12.3. The van der Waals surface area contributed by atoms with Gasteiger partial charge in [-0.25, -0.2) is 9.97 Å². The van der Waals surface area contributed by atoms with E-state index in [2.05, 4.69) is 20.2 Å².